The molecule has 2 aromatic carbocycles. The lowest BCUT2D eigenvalue weighted by atomic mass is 9.90. The summed E-state index contributed by atoms with van der Waals surface area (Å²) in [4.78, 5) is 25.2. The number of carbonyl (C=O) groups is 2. The van der Waals surface area contributed by atoms with Crippen LogP contribution in [0, 0.1) is 5.92 Å². The molecule has 28 heavy (non-hydrogen) atoms. The Kier molecular flexibility index (Phi) is 5.05. The number of hydrogen-bond donors (Lipinski definition) is 3. The van der Waals surface area contributed by atoms with Crippen LogP contribution in [0.5, 0.6) is 5.75 Å². The van der Waals surface area contributed by atoms with E-state index in [4.69, 9.17) is 9.84 Å². The zero-order valence-electron chi connectivity index (χ0n) is 15.8. The van der Waals surface area contributed by atoms with E-state index in [9.17, 15) is 9.59 Å². The first kappa shape index (κ1) is 18.5. The summed E-state index contributed by atoms with van der Waals surface area (Å²) < 4.78 is 5.88. The summed E-state index contributed by atoms with van der Waals surface area (Å²) in [5.41, 5.74) is 2.79. The maximum atomic E-state index is 12.8. The van der Waals surface area contributed by atoms with Crippen molar-refractivity contribution < 1.29 is 19.4 Å². The van der Waals surface area contributed by atoms with Crippen molar-refractivity contribution in [3.8, 4) is 5.75 Å². The lowest BCUT2D eigenvalue weighted by molar-refractivity contribution is 0.0948. The van der Waals surface area contributed by atoms with Gasteiger partial charge in [0, 0.05) is 36.7 Å². The molecule has 1 aliphatic carbocycles. The lowest BCUT2D eigenvalue weighted by Gasteiger charge is -2.13. The van der Waals surface area contributed by atoms with Gasteiger partial charge in [0.15, 0.2) is 0 Å². The maximum absolute atomic E-state index is 12.8. The fraction of sp³-hybridized carbons (Fsp3) is 0.364. The van der Waals surface area contributed by atoms with Crippen molar-refractivity contribution in [3.05, 3.63) is 64.7 Å². The number of ether oxygens (including phenoxy) is 1. The van der Waals surface area contributed by atoms with Gasteiger partial charge < -0.3 is 20.5 Å². The van der Waals surface area contributed by atoms with Crippen LogP contribution in [0.15, 0.2) is 42.5 Å². The van der Waals surface area contributed by atoms with E-state index in [1.807, 2.05) is 36.4 Å². The van der Waals surface area contributed by atoms with Crippen LogP contribution in [0.25, 0.3) is 0 Å². The van der Waals surface area contributed by atoms with Gasteiger partial charge in [-0.25, -0.2) is 0 Å². The van der Waals surface area contributed by atoms with Crippen molar-refractivity contribution >= 4 is 11.8 Å². The average molecular weight is 380 g/mol. The summed E-state index contributed by atoms with van der Waals surface area (Å²) >= 11 is 0. The second kappa shape index (κ2) is 7.64. The molecule has 0 saturated heterocycles. The minimum absolute atomic E-state index is 0.0181. The van der Waals surface area contributed by atoms with Crippen molar-refractivity contribution in [1.29, 1.82) is 0 Å². The molecule has 1 saturated carbocycles. The summed E-state index contributed by atoms with van der Waals surface area (Å²) in [5.74, 6) is 0.397. The zero-order chi connectivity index (χ0) is 19.7. The molecular weight excluding hydrogens is 356 g/mol. The molecule has 1 heterocycles. The summed E-state index contributed by atoms with van der Waals surface area (Å²) in [7, 11) is 1.56. The fourth-order valence-corrected chi connectivity index (χ4v) is 3.88. The number of rotatable bonds is 6. The van der Waals surface area contributed by atoms with Crippen LogP contribution < -0.4 is 15.4 Å². The van der Waals surface area contributed by atoms with Crippen LogP contribution in [-0.4, -0.2) is 43.2 Å². The van der Waals surface area contributed by atoms with E-state index in [1.54, 1.807) is 13.1 Å². The van der Waals surface area contributed by atoms with Gasteiger partial charge in [-0.3, -0.25) is 9.59 Å². The molecule has 0 bridgehead atoms. The molecule has 6 heteroatoms. The summed E-state index contributed by atoms with van der Waals surface area (Å²) in [6, 6.07) is 13.5. The van der Waals surface area contributed by atoms with E-state index in [0.29, 0.717) is 35.8 Å². The van der Waals surface area contributed by atoms with Crippen LogP contribution in [0.4, 0.5) is 0 Å². The largest absolute Gasteiger partial charge is 0.491 e. The number of benzene rings is 2. The Hall–Kier alpha value is -2.86. The van der Waals surface area contributed by atoms with Gasteiger partial charge in [-0.15, -0.1) is 0 Å². The maximum Gasteiger partial charge on any atom is 0.254 e. The number of aliphatic hydroxyl groups is 1. The molecule has 3 atom stereocenters. The van der Waals surface area contributed by atoms with Crippen molar-refractivity contribution in [1.82, 2.24) is 10.6 Å². The van der Waals surface area contributed by atoms with Crippen LogP contribution in [0.3, 0.4) is 0 Å². The monoisotopic (exact) mass is 380 g/mol. The fourth-order valence-electron chi connectivity index (χ4n) is 3.88. The Labute approximate surface area is 163 Å². The molecule has 146 valence electrons. The molecule has 0 spiro atoms. The summed E-state index contributed by atoms with van der Waals surface area (Å²) in [5, 5.41) is 14.7. The van der Waals surface area contributed by atoms with E-state index in [0.717, 1.165) is 17.5 Å². The third kappa shape index (κ3) is 3.47. The molecule has 4 rings (SSSR count). The Morgan fingerprint density at radius 3 is 2.68 bits per heavy atom. The highest BCUT2D eigenvalue weighted by Crippen LogP contribution is 2.41. The standard InChI is InChI=1S/C22H24N2O4/c1-23-22(27)17-10-15(21(26)24-19-11-14(19)7-8-25)9-16-18(12-28-20(16)17)13-5-3-2-4-6-13/h2-6,9-10,14,18-19,25H,7-8,11-12H2,1H3,(H,23,27)(H,24,26)/t14-,18?,19-/m0/s1. The van der Waals surface area contributed by atoms with Gasteiger partial charge in [-0.1, -0.05) is 30.3 Å². The molecular formula is C22H24N2O4. The number of nitrogens with one attached hydrogen (secondary N) is 2. The molecule has 3 N–H and O–H groups in total. The molecule has 2 aromatic rings. The van der Waals surface area contributed by atoms with Crippen molar-refractivity contribution in [2.45, 2.75) is 24.8 Å². The minimum Gasteiger partial charge on any atom is -0.491 e. The van der Waals surface area contributed by atoms with Gasteiger partial charge in [-0.2, -0.15) is 0 Å². The quantitative estimate of drug-likeness (QED) is 0.716. The molecule has 6 nitrogen and oxygen atoms in total. The van der Waals surface area contributed by atoms with Crippen molar-refractivity contribution in [2.75, 3.05) is 20.3 Å². The Bertz CT molecular complexity index is 897. The highest BCUT2D eigenvalue weighted by Gasteiger charge is 2.38. The third-order valence-electron chi connectivity index (χ3n) is 5.56. The van der Waals surface area contributed by atoms with E-state index in [1.165, 1.54) is 0 Å². The normalized spacial score (nSPS) is 22.1. The lowest BCUT2D eigenvalue weighted by Crippen LogP contribution is -2.28. The highest BCUT2D eigenvalue weighted by molar-refractivity contribution is 6.02. The van der Waals surface area contributed by atoms with Gasteiger partial charge in [0.05, 0.1) is 12.2 Å². The topological polar surface area (TPSA) is 87.7 Å². The van der Waals surface area contributed by atoms with Crippen LogP contribution in [-0.2, 0) is 0 Å². The first-order valence-electron chi connectivity index (χ1n) is 9.62. The second-order valence-electron chi connectivity index (χ2n) is 7.38. The smallest absolute Gasteiger partial charge is 0.254 e. The molecule has 2 aliphatic rings. The third-order valence-corrected chi connectivity index (χ3v) is 5.56. The highest BCUT2D eigenvalue weighted by atomic mass is 16.5. The van der Waals surface area contributed by atoms with Gasteiger partial charge in [0.2, 0.25) is 0 Å². The first-order valence-corrected chi connectivity index (χ1v) is 9.62. The number of hydrogen-bond acceptors (Lipinski definition) is 4. The molecule has 0 radical (unpaired) electrons. The van der Waals surface area contributed by atoms with Gasteiger partial charge >= 0.3 is 0 Å². The predicted molar refractivity (Wildman–Crippen MR) is 105 cm³/mol. The predicted octanol–water partition coefficient (Wildman–Crippen LogP) is 2.07. The van der Waals surface area contributed by atoms with Crippen LogP contribution in [0.2, 0.25) is 0 Å². The first-order chi connectivity index (χ1) is 13.6. The van der Waals surface area contributed by atoms with Crippen molar-refractivity contribution in [2.24, 2.45) is 5.92 Å². The number of carbonyl (C=O) groups excluding carboxylic acids is 2. The number of aliphatic hydroxyl groups excluding tert-OH is 1. The zero-order valence-corrected chi connectivity index (χ0v) is 15.8. The van der Waals surface area contributed by atoms with Gasteiger partial charge in [-0.05, 0) is 36.5 Å². The molecule has 1 aliphatic heterocycles. The Balaban J connectivity index is 1.67. The minimum atomic E-state index is -0.274. The van der Waals surface area contributed by atoms with Gasteiger partial charge in [0.25, 0.3) is 11.8 Å². The number of fused-ring (bicyclic) bond motifs is 1. The molecule has 1 fully saturated rings. The molecule has 2 amide bonds. The molecule has 0 aromatic heterocycles. The van der Waals surface area contributed by atoms with Gasteiger partial charge in [0.1, 0.15) is 5.75 Å². The van der Waals surface area contributed by atoms with E-state index in [2.05, 4.69) is 10.6 Å². The Morgan fingerprint density at radius 2 is 1.96 bits per heavy atom. The van der Waals surface area contributed by atoms with Crippen molar-refractivity contribution in [3.63, 3.8) is 0 Å². The average Bonchev–Trinajstić information content (AvgIpc) is 3.30. The van der Waals surface area contributed by atoms with E-state index in [-0.39, 0.29) is 30.4 Å². The Morgan fingerprint density at radius 1 is 1.18 bits per heavy atom. The van der Waals surface area contributed by atoms with Crippen LogP contribution in [0.1, 0.15) is 50.6 Å². The molecule has 1 unspecified atom stereocenters. The van der Waals surface area contributed by atoms with E-state index < -0.39 is 0 Å². The number of amides is 2. The summed E-state index contributed by atoms with van der Waals surface area (Å²) in [6.45, 7) is 0.572. The van der Waals surface area contributed by atoms with E-state index >= 15 is 0 Å². The van der Waals surface area contributed by atoms with Crippen LogP contribution >= 0.6 is 0 Å². The second-order valence-corrected chi connectivity index (χ2v) is 7.38. The SMILES string of the molecule is CNC(=O)c1cc(C(=O)N[C@H]2C[C@@H]2CCO)cc2c1OCC2c1ccccc1. The summed E-state index contributed by atoms with van der Waals surface area (Å²) in [6.07, 6.45) is 1.58.